The summed E-state index contributed by atoms with van der Waals surface area (Å²) in [4.78, 5) is 0. The molecule has 0 saturated carbocycles. The molecule has 0 unspecified atom stereocenters. The molecule has 0 aliphatic heterocycles. The van der Waals surface area contributed by atoms with Crippen LogP contribution in [0, 0.1) is 0 Å². The van der Waals surface area contributed by atoms with Crippen molar-refractivity contribution in [3.05, 3.63) is 169 Å². The van der Waals surface area contributed by atoms with Crippen LogP contribution in [0.2, 0.25) is 0 Å². The van der Waals surface area contributed by atoms with Gasteiger partial charge in [-0.1, -0.05) is 141 Å². The zero-order valence-corrected chi connectivity index (χ0v) is 27.9. The van der Waals surface area contributed by atoms with Crippen molar-refractivity contribution in [1.82, 2.24) is 0 Å². The summed E-state index contributed by atoms with van der Waals surface area (Å²) in [6.07, 6.45) is 0. The average Bonchev–Trinajstić information content (AvgIpc) is 3.63. The van der Waals surface area contributed by atoms with Crippen molar-refractivity contribution < 1.29 is 4.42 Å². The Kier molecular flexibility index (Phi) is 5.51. The summed E-state index contributed by atoms with van der Waals surface area (Å²) in [7, 11) is 0. The third kappa shape index (κ3) is 3.72. The lowest BCUT2D eigenvalue weighted by molar-refractivity contribution is 0.658. The quantitative estimate of drug-likeness (QED) is 0.172. The molecule has 50 heavy (non-hydrogen) atoms. The molecule has 9 aromatic carbocycles. The van der Waals surface area contributed by atoms with Crippen LogP contribution in [0.4, 0.5) is 0 Å². The first-order valence-electron chi connectivity index (χ1n) is 17.5. The Bertz CT molecular complexity index is 3010. The SMILES string of the molecule is CC1(C)c2cc3c(cc2-c2c1ccc1ccccc21)oc1cc(-c2c4ccccc4c(-c4ccc5ccccc5c4)c4ccccc24)ccc13. The fourth-order valence-electron chi connectivity index (χ4n) is 9.02. The lowest BCUT2D eigenvalue weighted by atomic mass is 9.81. The lowest BCUT2D eigenvalue weighted by Gasteiger charge is -2.21. The molecule has 0 bridgehead atoms. The minimum Gasteiger partial charge on any atom is -0.456 e. The van der Waals surface area contributed by atoms with Gasteiger partial charge in [-0.2, -0.15) is 0 Å². The third-order valence-corrected chi connectivity index (χ3v) is 11.4. The highest BCUT2D eigenvalue weighted by Crippen LogP contribution is 2.53. The lowest BCUT2D eigenvalue weighted by Crippen LogP contribution is -2.14. The van der Waals surface area contributed by atoms with Crippen LogP contribution in [0.3, 0.4) is 0 Å². The average molecular weight is 637 g/mol. The summed E-state index contributed by atoms with van der Waals surface area (Å²) >= 11 is 0. The fourth-order valence-corrected chi connectivity index (χ4v) is 9.02. The highest BCUT2D eigenvalue weighted by atomic mass is 16.3. The first kappa shape index (κ1) is 27.7. The van der Waals surface area contributed by atoms with Crippen LogP contribution in [0.15, 0.2) is 162 Å². The van der Waals surface area contributed by atoms with Crippen LogP contribution >= 0.6 is 0 Å². The van der Waals surface area contributed by atoms with E-state index in [2.05, 4.69) is 172 Å². The van der Waals surface area contributed by atoms with E-state index >= 15 is 0 Å². The van der Waals surface area contributed by atoms with Gasteiger partial charge in [-0.3, -0.25) is 0 Å². The van der Waals surface area contributed by atoms with Crippen molar-refractivity contribution in [2.24, 2.45) is 0 Å². The van der Waals surface area contributed by atoms with Gasteiger partial charge in [0, 0.05) is 16.2 Å². The summed E-state index contributed by atoms with van der Waals surface area (Å²) in [5.74, 6) is 0. The highest BCUT2D eigenvalue weighted by molar-refractivity contribution is 6.22. The normalized spacial score (nSPS) is 13.6. The zero-order valence-electron chi connectivity index (χ0n) is 27.9. The molecule has 0 amide bonds. The Morgan fingerprint density at radius 3 is 1.60 bits per heavy atom. The number of fused-ring (bicyclic) bond motifs is 11. The molecule has 1 aliphatic rings. The predicted molar refractivity (Wildman–Crippen MR) is 212 cm³/mol. The fraction of sp³-hybridized carbons (Fsp3) is 0.0612. The van der Waals surface area contributed by atoms with Gasteiger partial charge in [-0.15, -0.1) is 0 Å². The van der Waals surface area contributed by atoms with Crippen LogP contribution in [0.25, 0.3) is 98.4 Å². The molecule has 0 radical (unpaired) electrons. The monoisotopic (exact) mass is 636 g/mol. The molecule has 0 N–H and O–H groups in total. The van der Waals surface area contributed by atoms with E-state index in [4.69, 9.17) is 4.42 Å². The van der Waals surface area contributed by atoms with Gasteiger partial charge in [0.15, 0.2) is 0 Å². The van der Waals surface area contributed by atoms with Gasteiger partial charge in [0.05, 0.1) is 0 Å². The van der Waals surface area contributed by atoms with Crippen molar-refractivity contribution in [3.8, 4) is 33.4 Å². The molecular formula is C49H32O. The highest BCUT2D eigenvalue weighted by Gasteiger charge is 2.37. The maximum Gasteiger partial charge on any atom is 0.136 e. The summed E-state index contributed by atoms with van der Waals surface area (Å²) in [6.45, 7) is 4.72. The summed E-state index contributed by atoms with van der Waals surface area (Å²) in [5.41, 5.74) is 12.1. The molecule has 234 valence electrons. The van der Waals surface area contributed by atoms with Gasteiger partial charge < -0.3 is 4.42 Å². The number of hydrogen-bond acceptors (Lipinski definition) is 1. The standard InChI is InChI=1S/C49H32O/c1-49(2)42-24-22-30-12-5-6-14-34(30)48(42)41-28-45-40(27-43(41)49)35-23-21-33(26-44(35)50-45)47-38-17-9-7-15-36(38)46(37-16-8-10-18-39(37)47)32-20-19-29-11-3-4-13-31(29)25-32/h3-28H,1-2H3. The van der Waals surface area contributed by atoms with E-state index in [0.29, 0.717) is 0 Å². The van der Waals surface area contributed by atoms with Gasteiger partial charge in [-0.05, 0) is 118 Å². The number of rotatable bonds is 2. The van der Waals surface area contributed by atoms with Crippen LogP contribution in [0.5, 0.6) is 0 Å². The Morgan fingerprint density at radius 1 is 0.360 bits per heavy atom. The molecule has 10 aromatic rings. The minimum absolute atomic E-state index is 0.100. The summed E-state index contributed by atoms with van der Waals surface area (Å²) in [5, 5.41) is 12.4. The molecule has 0 saturated heterocycles. The second kappa shape index (κ2) is 9.94. The molecule has 1 heterocycles. The van der Waals surface area contributed by atoms with Gasteiger partial charge >= 0.3 is 0 Å². The number of benzene rings is 9. The predicted octanol–water partition coefficient (Wildman–Crippen LogP) is 13.8. The van der Waals surface area contributed by atoms with Gasteiger partial charge in [0.25, 0.3) is 0 Å². The van der Waals surface area contributed by atoms with Crippen LogP contribution < -0.4 is 0 Å². The van der Waals surface area contributed by atoms with E-state index < -0.39 is 0 Å². The van der Waals surface area contributed by atoms with Gasteiger partial charge in [0.2, 0.25) is 0 Å². The topological polar surface area (TPSA) is 13.1 Å². The Hall–Kier alpha value is -6.18. The molecule has 1 heteroatoms. The Balaban J connectivity index is 1.14. The first-order chi connectivity index (χ1) is 24.5. The van der Waals surface area contributed by atoms with Gasteiger partial charge in [0.1, 0.15) is 11.2 Å². The largest absolute Gasteiger partial charge is 0.456 e. The third-order valence-electron chi connectivity index (χ3n) is 11.4. The van der Waals surface area contributed by atoms with E-state index in [1.807, 2.05) is 0 Å². The van der Waals surface area contributed by atoms with Crippen molar-refractivity contribution in [3.63, 3.8) is 0 Å². The van der Waals surface area contributed by atoms with E-state index in [9.17, 15) is 0 Å². The molecule has 1 aliphatic carbocycles. The Morgan fingerprint density at radius 2 is 0.900 bits per heavy atom. The number of hydrogen-bond donors (Lipinski definition) is 0. The smallest absolute Gasteiger partial charge is 0.136 e. The second-order valence-electron chi connectivity index (χ2n) is 14.4. The molecule has 1 aromatic heterocycles. The van der Waals surface area contributed by atoms with E-state index in [-0.39, 0.29) is 5.41 Å². The summed E-state index contributed by atoms with van der Waals surface area (Å²) in [6, 6.07) is 58.1. The molecule has 0 fully saturated rings. The maximum atomic E-state index is 6.79. The summed E-state index contributed by atoms with van der Waals surface area (Å²) < 4.78 is 6.79. The molecule has 0 atom stereocenters. The molecular weight excluding hydrogens is 605 g/mol. The zero-order chi connectivity index (χ0) is 33.1. The van der Waals surface area contributed by atoms with E-state index in [1.54, 1.807) is 0 Å². The minimum atomic E-state index is -0.100. The number of furan rings is 1. The van der Waals surface area contributed by atoms with Crippen molar-refractivity contribution in [2.45, 2.75) is 19.3 Å². The molecule has 0 spiro atoms. The van der Waals surface area contributed by atoms with Crippen molar-refractivity contribution >= 4 is 65.0 Å². The van der Waals surface area contributed by atoms with Crippen LogP contribution in [-0.4, -0.2) is 0 Å². The van der Waals surface area contributed by atoms with Crippen molar-refractivity contribution in [2.75, 3.05) is 0 Å². The van der Waals surface area contributed by atoms with Crippen molar-refractivity contribution in [1.29, 1.82) is 0 Å². The van der Waals surface area contributed by atoms with E-state index in [1.165, 1.54) is 93.0 Å². The first-order valence-corrected chi connectivity index (χ1v) is 17.5. The van der Waals surface area contributed by atoms with Crippen LogP contribution in [0.1, 0.15) is 25.0 Å². The molecule has 1 nitrogen and oxygen atoms in total. The molecule has 11 rings (SSSR count). The maximum absolute atomic E-state index is 6.79. The van der Waals surface area contributed by atoms with Gasteiger partial charge in [-0.25, -0.2) is 0 Å². The van der Waals surface area contributed by atoms with Crippen LogP contribution in [-0.2, 0) is 5.41 Å². The van der Waals surface area contributed by atoms with E-state index in [0.717, 1.165) is 16.6 Å². The second-order valence-corrected chi connectivity index (χ2v) is 14.4. The Labute approximate surface area is 290 Å².